The number of carbonyl (C=O) groups excluding carboxylic acids is 1. The van der Waals surface area contributed by atoms with Gasteiger partial charge in [-0.2, -0.15) is 0 Å². The van der Waals surface area contributed by atoms with E-state index in [4.69, 9.17) is 0 Å². The third-order valence-electron chi connectivity index (χ3n) is 1.07. The van der Waals surface area contributed by atoms with Crippen molar-refractivity contribution in [1.29, 1.82) is 0 Å². The third kappa shape index (κ3) is 2.90. The van der Waals surface area contributed by atoms with Crippen molar-refractivity contribution in [1.82, 2.24) is 0 Å². The summed E-state index contributed by atoms with van der Waals surface area (Å²) in [4.78, 5) is 9.68. The molecule has 0 N–H and O–H groups in total. The molecule has 0 spiro atoms. The Labute approximate surface area is 55.5 Å². The molecule has 0 heterocycles. The first-order valence-corrected chi connectivity index (χ1v) is 2.87. The SMILES string of the molecule is C=CC(O[C]=O)C(C)C. The van der Waals surface area contributed by atoms with Gasteiger partial charge in [0.1, 0.15) is 6.10 Å². The molecule has 51 valence electrons. The number of hydrogen-bond donors (Lipinski definition) is 0. The maximum Gasteiger partial charge on any atom is 0.418 e. The second-order valence-corrected chi connectivity index (χ2v) is 2.15. The Morgan fingerprint density at radius 2 is 2.22 bits per heavy atom. The van der Waals surface area contributed by atoms with Crippen molar-refractivity contribution in [3.05, 3.63) is 12.7 Å². The summed E-state index contributed by atoms with van der Waals surface area (Å²) in [5.41, 5.74) is 0. The average molecular weight is 127 g/mol. The minimum absolute atomic E-state index is 0.192. The molecular formula is C7H11O2. The summed E-state index contributed by atoms with van der Waals surface area (Å²) in [6.45, 7) is 8.77. The number of ether oxygens (including phenoxy) is 1. The third-order valence-corrected chi connectivity index (χ3v) is 1.07. The van der Waals surface area contributed by atoms with Gasteiger partial charge < -0.3 is 4.74 Å². The van der Waals surface area contributed by atoms with E-state index in [0.29, 0.717) is 0 Å². The molecule has 0 rings (SSSR count). The van der Waals surface area contributed by atoms with E-state index in [0.717, 1.165) is 0 Å². The molecule has 9 heavy (non-hydrogen) atoms. The van der Waals surface area contributed by atoms with Gasteiger partial charge in [-0.05, 0) is 5.92 Å². The molecule has 0 saturated carbocycles. The predicted octanol–water partition coefficient (Wildman–Crippen LogP) is 1.28. The first-order chi connectivity index (χ1) is 4.22. The van der Waals surface area contributed by atoms with Crippen molar-refractivity contribution in [2.75, 3.05) is 0 Å². The summed E-state index contributed by atoms with van der Waals surface area (Å²) >= 11 is 0. The van der Waals surface area contributed by atoms with Crippen LogP contribution in [0, 0.1) is 5.92 Å². The highest BCUT2D eigenvalue weighted by Crippen LogP contribution is 2.04. The highest BCUT2D eigenvalue weighted by molar-refractivity contribution is 5.39. The van der Waals surface area contributed by atoms with Crippen molar-refractivity contribution in [3.63, 3.8) is 0 Å². The average Bonchev–Trinajstić information content (AvgIpc) is 1.82. The van der Waals surface area contributed by atoms with Crippen LogP contribution in [0.15, 0.2) is 12.7 Å². The Hall–Kier alpha value is -0.790. The fraction of sp³-hybridized carbons (Fsp3) is 0.571. The summed E-state index contributed by atoms with van der Waals surface area (Å²) in [6, 6.07) is 0. The van der Waals surface area contributed by atoms with Crippen LogP contribution in [-0.2, 0) is 9.53 Å². The minimum atomic E-state index is -0.192. The molecule has 2 nitrogen and oxygen atoms in total. The second-order valence-electron chi connectivity index (χ2n) is 2.15. The maximum atomic E-state index is 9.68. The lowest BCUT2D eigenvalue weighted by atomic mass is 10.1. The van der Waals surface area contributed by atoms with E-state index in [1.54, 1.807) is 6.08 Å². The Balaban J connectivity index is 3.66. The van der Waals surface area contributed by atoms with Crippen LogP contribution in [-0.4, -0.2) is 12.6 Å². The van der Waals surface area contributed by atoms with Gasteiger partial charge in [0.2, 0.25) is 0 Å². The van der Waals surface area contributed by atoms with Crippen LogP contribution in [0.5, 0.6) is 0 Å². The molecule has 0 saturated heterocycles. The number of rotatable bonds is 4. The smallest absolute Gasteiger partial charge is 0.418 e. The zero-order valence-corrected chi connectivity index (χ0v) is 5.76. The highest BCUT2D eigenvalue weighted by Gasteiger charge is 2.08. The molecule has 0 amide bonds. The van der Waals surface area contributed by atoms with Crippen LogP contribution in [0.1, 0.15) is 13.8 Å². The van der Waals surface area contributed by atoms with Gasteiger partial charge in [-0.3, -0.25) is 0 Å². The van der Waals surface area contributed by atoms with E-state index in [1.807, 2.05) is 13.8 Å². The lowest BCUT2D eigenvalue weighted by Gasteiger charge is -2.12. The molecule has 1 atom stereocenters. The highest BCUT2D eigenvalue weighted by atomic mass is 16.5. The van der Waals surface area contributed by atoms with Crippen LogP contribution in [0.4, 0.5) is 0 Å². The molecule has 1 radical (unpaired) electrons. The first kappa shape index (κ1) is 8.21. The molecule has 0 aromatic heterocycles. The van der Waals surface area contributed by atoms with Gasteiger partial charge in [0, 0.05) is 0 Å². The molecule has 1 unspecified atom stereocenters. The van der Waals surface area contributed by atoms with E-state index in [-0.39, 0.29) is 12.0 Å². The lowest BCUT2D eigenvalue weighted by Crippen LogP contribution is -2.15. The van der Waals surface area contributed by atoms with E-state index in [9.17, 15) is 4.79 Å². The molecule has 0 bridgehead atoms. The molecule has 2 heteroatoms. The zero-order chi connectivity index (χ0) is 7.28. The Bertz CT molecular complexity index is 97.1. The first-order valence-electron chi connectivity index (χ1n) is 2.87. The van der Waals surface area contributed by atoms with E-state index < -0.39 is 0 Å². The van der Waals surface area contributed by atoms with Crippen LogP contribution >= 0.6 is 0 Å². The van der Waals surface area contributed by atoms with E-state index in [1.165, 1.54) is 6.47 Å². The summed E-state index contributed by atoms with van der Waals surface area (Å²) < 4.78 is 4.53. The van der Waals surface area contributed by atoms with Gasteiger partial charge in [0.05, 0.1) is 0 Å². The molecule has 0 aliphatic heterocycles. The van der Waals surface area contributed by atoms with Gasteiger partial charge in [0.25, 0.3) is 0 Å². The second kappa shape index (κ2) is 4.13. The molecule has 0 aromatic rings. The van der Waals surface area contributed by atoms with E-state index in [2.05, 4.69) is 11.3 Å². The van der Waals surface area contributed by atoms with Crippen molar-refractivity contribution in [2.45, 2.75) is 20.0 Å². The molecule has 0 aromatic carbocycles. The summed E-state index contributed by atoms with van der Waals surface area (Å²) in [7, 11) is 0. The molecule has 0 aliphatic carbocycles. The lowest BCUT2D eigenvalue weighted by molar-refractivity contribution is 0.174. The molecule has 0 fully saturated rings. The number of hydrogen-bond acceptors (Lipinski definition) is 2. The fourth-order valence-electron chi connectivity index (χ4n) is 0.512. The van der Waals surface area contributed by atoms with Crippen LogP contribution in [0.25, 0.3) is 0 Å². The largest absolute Gasteiger partial charge is 0.449 e. The van der Waals surface area contributed by atoms with E-state index >= 15 is 0 Å². The summed E-state index contributed by atoms with van der Waals surface area (Å²) in [5, 5.41) is 0. The normalized spacial score (nSPS) is 12.8. The Morgan fingerprint density at radius 1 is 1.67 bits per heavy atom. The van der Waals surface area contributed by atoms with Crippen LogP contribution < -0.4 is 0 Å². The monoisotopic (exact) mass is 127 g/mol. The maximum absolute atomic E-state index is 9.68. The van der Waals surface area contributed by atoms with Gasteiger partial charge in [-0.1, -0.05) is 26.5 Å². The summed E-state index contributed by atoms with van der Waals surface area (Å²) in [5.74, 6) is 0.281. The summed E-state index contributed by atoms with van der Waals surface area (Å²) in [6.07, 6.45) is 1.40. The van der Waals surface area contributed by atoms with Gasteiger partial charge >= 0.3 is 6.47 Å². The Kier molecular flexibility index (Phi) is 3.76. The van der Waals surface area contributed by atoms with Gasteiger partial charge in [-0.25, -0.2) is 4.79 Å². The van der Waals surface area contributed by atoms with Crippen molar-refractivity contribution >= 4 is 6.47 Å². The van der Waals surface area contributed by atoms with Crippen molar-refractivity contribution < 1.29 is 9.53 Å². The fourth-order valence-corrected chi connectivity index (χ4v) is 0.512. The standard InChI is InChI=1S/C7H11O2/c1-4-7(6(2)3)9-5-8/h4,6-7H,1H2,2-3H3. The Morgan fingerprint density at radius 3 is 2.33 bits per heavy atom. The zero-order valence-electron chi connectivity index (χ0n) is 5.76. The topological polar surface area (TPSA) is 26.3 Å². The predicted molar refractivity (Wildman–Crippen MR) is 35.6 cm³/mol. The van der Waals surface area contributed by atoms with Crippen molar-refractivity contribution in [3.8, 4) is 0 Å². The van der Waals surface area contributed by atoms with Crippen LogP contribution in [0.3, 0.4) is 0 Å². The molecular weight excluding hydrogens is 116 g/mol. The van der Waals surface area contributed by atoms with Gasteiger partial charge in [0.15, 0.2) is 0 Å². The van der Waals surface area contributed by atoms with Crippen LogP contribution in [0.2, 0.25) is 0 Å². The molecule has 0 aliphatic rings. The van der Waals surface area contributed by atoms with Crippen molar-refractivity contribution in [2.24, 2.45) is 5.92 Å². The minimum Gasteiger partial charge on any atom is -0.449 e. The quantitative estimate of drug-likeness (QED) is 0.532. The van der Waals surface area contributed by atoms with Gasteiger partial charge in [-0.15, -0.1) is 0 Å².